The second-order valence-electron chi connectivity index (χ2n) is 5.65. The largest absolute Gasteiger partial charge is 0.320 e. The fourth-order valence-corrected chi connectivity index (χ4v) is 3.45. The number of carbonyl (C=O) groups excluding carboxylic acids is 1. The number of hydrogen-bond acceptors (Lipinski definition) is 4. The molecule has 4 atom stereocenters. The third kappa shape index (κ3) is 3.13. The van der Waals surface area contributed by atoms with Crippen LogP contribution in [0.1, 0.15) is 32.5 Å². The van der Waals surface area contributed by atoms with Crippen LogP contribution in [0.2, 0.25) is 0 Å². The number of nitrogens with one attached hydrogen (secondary N) is 1. The van der Waals surface area contributed by atoms with Gasteiger partial charge in [-0.15, -0.1) is 0 Å². The molecule has 1 aliphatic heterocycles. The maximum atomic E-state index is 12.6. The minimum Gasteiger partial charge on any atom is -0.320 e. The average Bonchev–Trinajstić information content (AvgIpc) is 2.98. The van der Waals surface area contributed by atoms with Crippen LogP contribution in [-0.4, -0.2) is 39.1 Å². The molecular formula is C14H22N2O2S2. The third-order valence-corrected chi connectivity index (χ3v) is 5.73. The lowest BCUT2D eigenvalue weighted by atomic mass is 10.1. The first-order valence-corrected chi connectivity index (χ1v) is 9.39. The van der Waals surface area contributed by atoms with Crippen LogP contribution in [0.5, 0.6) is 0 Å². The molecule has 1 amide bonds. The molecule has 20 heavy (non-hydrogen) atoms. The van der Waals surface area contributed by atoms with Gasteiger partial charge in [0.2, 0.25) is 5.91 Å². The smallest absolute Gasteiger partial charge is 0.241 e. The van der Waals surface area contributed by atoms with E-state index in [9.17, 15) is 9.00 Å². The van der Waals surface area contributed by atoms with Crippen LogP contribution in [-0.2, 0) is 15.6 Å². The molecule has 1 aromatic heterocycles. The van der Waals surface area contributed by atoms with Crippen molar-refractivity contribution in [2.24, 2.45) is 5.92 Å². The van der Waals surface area contributed by atoms with E-state index in [4.69, 9.17) is 0 Å². The van der Waals surface area contributed by atoms with Gasteiger partial charge in [0, 0.05) is 28.9 Å². The Bertz CT molecular complexity index is 487. The van der Waals surface area contributed by atoms with Gasteiger partial charge in [0.05, 0.1) is 6.04 Å². The van der Waals surface area contributed by atoms with Crippen LogP contribution >= 0.6 is 11.3 Å². The summed E-state index contributed by atoms with van der Waals surface area (Å²) in [6, 6.07) is 1.89. The number of amides is 1. The van der Waals surface area contributed by atoms with Crippen molar-refractivity contribution in [1.29, 1.82) is 0 Å². The van der Waals surface area contributed by atoms with Gasteiger partial charge in [-0.2, -0.15) is 11.3 Å². The topological polar surface area (TPSA) is 49.4 Å². The third-order valence-electron chi connectivity index (χ3n) is 3.74. The number of hydrogen-bond donors (Lipinski definition) is 1. The second-order valence-corrected chi connectivity index (χ2v) is 8.23. The minimum atomic E-state index is -0.924. The number of nitrogens with zero attached hydrogens (tertiary/aromatic N) is 1. The Morgan fingerprint density at radius 3 is 2.65 bits per heavy atom. The van der Waals surface area contributed by atoms with Crippen LogP contribution in [0.15, 0.2) is 16.8 Å². The quantitative estimate of drug-likeness (QED) is 0.904. The maximum Gasteiger partial charge on any atom is 0.241 e. The summed E-state index contributed by atoms with van der Waals surface area (Å²) in [4.78, 5) is 14.4. The van der Waals surface area contributed by atoms with E-state index in [2.05, 4.69) is 10.7 Å². The normalized spacial score (nSPS) is 26.2. The molecule has 112 valence electrons. The molecule has 0 aliphatic carbocycles. The molecular weight excluding hydrogens is 292 g/mol. The average molecular weight is 314 g/mol. The Hall–Kier alpha value is -0.720. The van der Waals surface area contributed by atoms with Crippen LogP contribution in [0.4, 0.5) is 0 Å². The number of carbonyl (C=O) groups is 1. The van der Waals surface area contributed by atoms with Gasteiger partial charge in [0.1, 0.15) is 6.17 Å². The van der Waals surface area contributed by atoms with Gasteiger partial charge >= 0.3 is 0 Å². The maximum absolute atomic E-state index is 12.6. The first kappa shape index (κ1) is 15.7. The predicted molar refractivity (Wildman–Crippen MR) is 84.1 cm³/mol. The zero-order chi connectivity index (χ0) is 14.9. The van der Waals surface area contributed by atoms with Crippen molar-refractivity contribution in [2.75, 3.05) is 12.8 Å². The molecule has 1 aromatic rings. The first-order chi connectivity index (χ1) is 9.41. The fraction of sp³-hybridized carbons (Fsp3) is 0.643. The summed E-state index contributed by atoms with van der Waals surface area (Å²) in [5.41, 5.74) is 1.11. The van der Waals surface area contributed by atoms with Crippen molar-refractivity contribution in [1.82, 2.24) is 10.2 Å². The lowest BCUT2D eigenvalue weighted by Gasteiger charge is -2.26. The van der Waals surface area contributed by atoms with Gasteiger partial charge in [0.25, 0.3) is 0 Å². The molecule has 6 heteroatoms. The van der Waals surface area contributed by atoms with Crippen LogP contribution < -0.4 is 5.32 Å². The molecule has 1 saturated heterocycles. The fourth-order valence-electron chi connectivity index (χ4n) is 2.40. The van der Waals surface area contributed by atoms with Crippen molar-refractivity contribution in [3.8, 4) is 0 Å². The van der Waals surface area contributed by atoms with E-state index in [1.165, 1.54) is 0 Å². The SMILES string of the molecule is CC(C)C1NC(c2ccsc2)N(CC(C)S(C)=O)C1=O. The lowest BCUT2D eigenvalue weighted by molar-refractivity contribution is -0.130. The van der Waals surface area contributed by atoms with Gasteiger partial charge in [-0.3, -0.25) is 14.3 Å². The van der Waals surface area contributed by atoms with E-state index in [1.807, 2.05) is 37.1 Å². The Morgan fingerprint density at radius 2 is 2.15 bits per heavy atom. The molecule has 1 N–H and O–H groups in total. The van der Waals surface area contributed by atoms with Gasteiger partial charge in [-0.05, 0) is 35.2 Å². The second kappa shape index (κ2) is 6.37. The lowest BCUT2D eigenvalue weighted by Crippen LogP contribution is -2.38. The van der Waals surface area contributed by atoms with Gasteiger partial charge in [-0.1, -0.05) is 13.8 Å². The molecule has 4 nitrogen and oxygen atoms in total. The zero-order valence-electron chi connectivity index (χ0n) is 12.3. The molecule has 0 spiro atoms. The highest BCUT2D eigenvalue weighted by Gasteiger charge is 2.41. The summed E-state index contributed by atoms with van der Waals surface area (Å²) in [5.74, 6) is 0.365. The summed E-state index contributed by atoms with van der Waals surface area (Å²) >= 11 is 1.63. The molecule has 0 aromatic carbocycles. The Morgan fingerprint density at radius 1 is 1.45 bits per heavy atom. The van der Waals surface area contributed by atoms with E-state index < -0.39 is 10.8 Å². The summed E-state index contributed by atoms with van der Waals surface area (Å²) in [6.45, 7) is 6.55. The van der Waals surface area contributed by atoms with Crippen molar-refractivity contribution < 1.29 is 9.00 Å². The predicted octanol–water partition coefficient (Wildman–Crippen LogP) is 1.97. The Balaban J connectivity index is 2.23. The standard InChI is InChI=1S/C14H22N2O2S2/c1-9(2)12-14(17)16(7-10(3)20(4)18)13(15-12)11-5-6-19-8-11/h5-6,8-10,12-13,15H,7H2,1-4H3. The van der Waals surface area contributed by atoms with Crippen molar-refractivity contribution >= 4 is 28.0 Å². The Kier molecular flexibility index (Phi) is 4.99. The summed E-state index contributed by atoms with van der Waals surface area (Å²) in [7, 11) is -0.924. The van der Waals surface area contributed by atoms with E-state index in [0.717, 1.165) is 5.56 Å². The molecule has 2 heterocycles. The highest BCUT2D eigenvalue weighted by atomic mass is 32.2. The van der Waals surface area contributed by atoms with Crippen molar-refractivity contribution in [2.45, 2.75) is 38.2 Å². The van der Waals surface area contributed by atoms with Crippen LogP contribution in [0, 0.1) is 5.92 Å². The van der Waals surface area contributed by atoms with E-state index in [-0.39, 0.29) is 29.3 Å². The van der Waals surface area contributed by atoms with E-state index in [1.54, 1.807) is 17.6 Å². The first-order valence-electron chi connectivity index (χ1n) is 6.82. The molecule has 0 bridgehead atoms. The number of rotatable bonds is 5. The van der Waals surface area contributed by atoms with Crippen molar-refractivity contribution in [3.05, 3.63) is 22.4 Å². The summed E-state index contributed by atoms with van der Waals surface area (Å²) in [5, 5.41) is 7.48. The van der Waals surface area contributed by atoms with Crippen molar-refractivity contribution in [3.63, 3.8) is 0 Å². The van der Waals surface area contributed by atoms with Gasteiger partial charge in [0.15, 0.2) is 0 Å². The molecule has 0 radical (unpaired) electrons. The van der Waals surface area contributed by atoms with E-state index >= 15 is 0 Å². The zero-order valence-corrected chi connectivity index (χ0v) is 14.0. The summed E-state index contributed by atoms with van der Waals surface area (Å²) < 4.78 is 11.6. The molecule has 4 unspecified atom stereocenters. The van der Waals surface area contributed by atoms with Crippen LogP contribution in [0.25, 0.3) is 0 Å². The van der Waals surface area contributed by atoms with Gasteiger partial charge < -0.3 is 4.90 Å². The van der Waals surface area contributed by atoms with Gasteiger partial charge in [-0.25, -0.2) is 0 Å². The monoisotopic (exact) mass is 314 g/mol. The van der Waals surface area contributed by atoms with E-state index in [0.29, 0.717) is 6.54 Å². The highest BCUT2D eigenvalue weighted by Crippen LogP contribution is 2.29. The summed E-state index contributed by atoms with van der Waals surface area (Å²) in [6.07, 6.45) is 1.60. The minimum absolute atomic E-state index is 0.0206. The van der Waals surface area contributed by atoms with Crippen LogP contribution in [0.3, 0.4) is 0 Å². The molecule has 0 saturated carbocycles. The Labute approximate surface area is 127 Å². The molecule has 1 fully saturated rings. The number of thiophene rings is 1. The molecule has 2 rings (SSSR count). The molecule has 1 aliphatic rings. The highest BCUT2D eigenvalue weighted by molar-refractivity contribution is 7.84.